The van der Waals surface area contributed by atoms with Crippen molar-refractivity contribution in [1.29, 1.82) is 0 Å². The van der Waals surface area contributed by atoms with Crippen molar-refractivity contribution in [3.8, 4) is 0 Å². The van der Waals surface area contributed by atoms with E-state index in [9.17, 15) is 14.4 Å². The Bertz CT molecular complexity index is 1630. The fourth-order valence-electron chi connectivity index (χ4n) is 6.43. The first-order chi connectivity index (χ1) is 20.4. The van der Waals surface area contributed by atoms with Gasteiger partial charge < -0.3 is 19.2 Å². The molecule has 10 heteroatoms. The monoisotopic (exact) mass is 568 g/mol. The van der Waals surface area contributed by atoms with Crippen molar-refractivity contribution in [1.82, 2.24) is 20.1 Å². The Hall–Kier alpha value is -4.73. The summed E-state index contributed by atoms with van der Waals surface area (Å²) in [6.45, 7) is 5.83. The molecular weight excluding hydrogens is 536 g/mol. The van der Waals surface area contributed by atoms with Gasteiger partial charge in [0.1, 0.15) is 11.0 Å². The van der Waals surface area contributed by atoms with Crippen LogP contribution in [0.4, 0.5) is 0 Å². The summed E-state index contributed by atoms with van der Waals surface area (Å²) >= 11 is 0. The van der Waals surface area contributed by atoms with Crippen molar-refractivity contribution in [2.24, 2.45) is 11.8 Å². The van der Waals surface area contributed by atoms with E-state index < -0.39 is 35.3 Å². The number of carbonyl (C=O) groups is 3. The lowest BCUT2D eigenvalue weighted by atomic mass is 9.58. The van der Waals surface area contributed by atoms with Gasteiger partial charge in [-0.3, -0.25) is 14.4 Å². The average molecular weight is 569 g/mol. The molecule has 6 rings (SSSR count). The van der Waals surface area contributed by atoms with E-state index in [4.69, 9.17) is 14.3 Å². The van der Waals surface area contributed by atoms with Crippen molar-refractivity contribution in [3.05, 3.63) is 95.1 Å². The molecule has 0 spiro atoms. The zero-order valence-corrected chi connectivity index (χ0v) is 23.7. The summed E-state index contributed by atoms with van der Waals surface area (Å²) in [6, 6.07) is 22.5. The number of amides is 1. The first-order valence-corrected chi connectivity index (χ1v) is 14.2. The maximum Gasteiger partial charge on any atom is 0.328 e. The Kier molecular flexibility index (Phi) is 7.14. The van der Waals surface area contributed by atoms with E-state index in [1.54, 1.807) is 24.8 Å². The van der Waals surface area contributed by atoms with Crippen LogP contribution in [0, 0.1) is 18.8 Å². The highest BCUT2D eigenvalue weighted by Gasteiger charge is 2.69. The Balaban J connectivity index is 1.56. The molecule has 1 amide bonds. The van der Waals surface area contributed by atoms with Gasteiger partial charge in [0.2, 0.25) is 11.3 Å². The largest absolute Gasteiger partial charge is 0.465 e. The normalized spacial score (nSPS) is 20.6. The number of carbonyl (C=O) groups excluding carboxylic acids is 3. The van der Waals surface area contributed by atoms with Gasteiger partial charge in [0, 0.05) is 24.6 Å². The molecule has 2 heterocycles. The molecule has 4 aromatic rings. The van der Waals surface area contributed by atoms with Crippen LogP contribution in [0.2, 0.25) is 0 Å². The SMILES string of the molecule is CCOC(=O)C1(C(=O)OCC)c2cc(C)ccc2[C@@H](On2nnc3ccccc32)[C@@H]2CN(Cc3ccccc3)C(=O)[C@H]21. The number of likely N-dealkylation sites (tertiary alicyclic amines) is 1. The van der Waals surface area contributed by atoms with Crippen molar-refractivity contribution in [2.45, 2.75) is 38.8 Å². The number of esters is 2. The lowest BCUT2D eigenvalue weighted by Gasteiger charge is -2.44. The number of rotatable bonds is 8. The molecule has 1 aliphatic heterocycles. The topological polar surface area (TPSA) is 113 Å². The maximum absolute atomic E-state index is 14.5. The minimum absolute atomic E-state index is 0.0331. The summed E-state index contributed by atoms with van der Waals surface area (Å²) in [4.78, 5) is 52.3. The van der Waals surface area contributed by atoms with Crippen LogP contribution in [0.25, 0.3) is 11.0 Å². The second-order valence-electron chi connectivity index (χ2n) is 10.7. The van der Waals surface area contributed by atoms with Crippen molar-refractivity contribution >= 4 is 28.9 Å². The molecule has 42 heavy (non-hydrogen) atoms. The molecule has 0 radical (unpaired) electrons. The fraction of sp³-hybridized carbons (Fsp3) is 0.344. The second kappa shape index (κ2) is 10.9. The second-order valence-corrected chi connectivity index (χ2v) is 10.7. The predicted molar refractivity (Wildman–Crippen MR) is 152 cm³/mol. The number of hydrogen-bond donors (Lipinski definition) is 0. The van der Waals surface area contributed by atoms with Crippen molar-refractivity contribution in [3.63, 3.8) is 0 Å². The number of aryl methyl sites for hydroxylation is 1. The van der Waals surface area contributed by atoms with Gasteiger partial charge in [-0.1, -0.05) is 71.1 Å². The smallest absolute Gasteiger partial charge is 0.328 e. The molecule has 216 valence electrons. The molecule has 0 unspecified atom stereocenters. The standard InChI is InChI=1S/C32H32N4O6/c1-4-40-30(38)32(31(39)41-5-2)24-17-20(3)15-16-22(24)28(42-36-26-14-10-9-13-25(26)33-34-36)23-19-35(29(37)27(23)32)18-21-11-7-6-8-12-21/h6-17,23,27-28H,4-5,18-19H2,1-3H3/t23-,27+,28-/m1/s1. The summed E-state index contributed by atoms with van der Waals surface area (Å²) < 4.78 is 11.2. The molecule has 0 N–H and O–H groups in total. The van der Waals surface area contributed by atoms with Crippen LogP contribution in [0.5, 0.6) is 0 Å². The fourth-order valence-corrected chi connectivity index (χ4v) is 6.43. The van der Waals surface area contributed by atoms with Crippen LogP contribution in [0.15, 0.2) is 72.8 Å². The van der Waals surface area contributed by atoms with E-state index in [0.717, 1.165) is 11.1 Å². The maximum atomic E-state index is 14.5. The molecule has 1 aliphatic carbocycles. The van der Waals surface area contributed by atoms with Gasteiger partial charge in [-0.15, -0.1) is 5.10 Å². The van der Waals surface area contributed by atoms with Crippen LogP contribution in [-0.2, 0) is 35.8 Å². The Morgan fingerprint density at radius 1 is 0.952 bits per heavy atom. The molecule has 2 aliphatic rings. The first kappa shape index (κ1) is 27.4. The van der Waals surface area contributed by atoms with Crippen LogP contribution >= 0.6 is 0 Å². The summed E-state index contributed by atoms with van der Waals surface area (Å²) in [5.74, 6) is -3.69. The van der Waals surface area contributed by atoms with E-state index in [1.165, 1.54) is 4.85 Å². The van der Waals surface area contributed by atoms with Crippen molar-refractivity contribution in [2.75, 3.05) is 19.8 Å². The van der Waals surface area contributed by atoms with Gasteiger partial charge in [-0.05, 0) is 49.2 Å². The van der Waals surface area contributed by atoms with Gasteiger partial charge in [-0.25, -0.2) is 0 Å². The predicted octanol–water partition coefficient (Wildman–Crippen LogP) is 3.56. The molecule has 3 aromatic carbocycles. The molecule has 0 saturated carbocycles. The highest BCUT2D eigenvalue weighted by atomic mass is 16.7. The van der Waals surface area contributed by atoms with Gasteiger partial charge in [-0.2, -0.15) is 0 Å². The molecule has 1 fully saturated rings. The molecule has 0 bridgehead atoms. The van der Waals surface area contributed by atoms with Crippen LogP contribution in [0.3, 0.4) is 0 Å². The van der Waals surface area contributed by atoms with Crippen LogP contribution in [-0.4, -0.2) is 57.7 Å². The lowest BCUT2D eigenvalue weighted by Crippen LogP contribution is -2.59. The Morgan fingerprint density at radius 3 is 2.36 bits per heavy atom. The third-order valence-corrected chi connectivity index (χ3v) is 8.18. The third-order valence-electron chi connectivity index (χ3n) is 8.18. The van der Waals surface area contributed by atoms with Gasteiger partial charge >= 0.3 is 11.9 Å². The Morgan fingerprint density at radius 2 is 1.64 bits per heavy atom. The molecule has 1 aromatic heterocycles. The van der Waals surface area contributed by atoms with Gasteiger partial charge in [0.05, 0.1) is 19.1 Å². The molecular formula is C32H32N4O6. The Labute approximate surface area is 243 Å². The van der Waals surface area contributed by atoms with E-state index in [2.05, 4.69) is 10.3 Å². The number of hydrogen-bond acceptors (Lipinski definition) is 8. The first-order valence-electron chi connectivity index (χ1n) is 14.2. The van der Waals surface area contributed by atoms with E-state index in [0.29, 0.717) is 28.7 Å². The molecule has 3 atom stereocenters. The zero-order valence-electron chi connectivity index (χ0n) is 23.7. The number of benzene rings is 3. The highest BCUT2D eigenvalue weighted by Crippen LogP contribution is 2.55. The minimum atomic E-state index is -2.01. The van der Waals surface area contributed by atoms with E-state index in [1.807, 2.05) is 73.7 Å². The molecule has 10 nitrogen and oxygen atoms in total. The number of ether oxygens (including phenoxy) is 2. The highest BCUT2D eigenvalue weighted by molar-refractivity contribution is 6.12. The van der Waals surface area contributed by atoms with E-state index >= 15 is 0 Å². The summed E-state index contributed by atoms with van der Waals surface area (Å²) in [7, 11) is 0. The number of nitrogens with zero attached hydrogens (tertiary/aromatic N) is 4. The van der Waals surface area contributed by atoms with Gasteiger partial charge in [0.15, 0.2) is 6.10 Å². The van der Waals surface area contributed by atoms with Crippen LogP contribution in [0.1, 0.15) is 42.2 Å². The number of para-hydroxylation sites is 1. The summed E-state index contributed by atoms with van der Waals surface area (Å²) in [5.41, 5.74) is 1.97. The summed E-state index contributed by atoms with van der Waals surface area (Å²) in [5, 5.41) is 8.45. The van der Waals surface area contributed by atoms with E-state index in [-0.39, 0.29) is 25.7 Å². The zero-order chi connectivity index (χ0) is 29.4. The quantitative estimate of drug-likeness (QED) is 0.234. The van der Waals surface area contributed by atoms with Crippen LogP contribution < -0.4 is 4.84 Å². The number of aromatic nitrogens is 3. The average Bonchev–Trinajstić information content (AvgIpc) is 3.55. The summed E-state index contributed by atoms with van der Waals surface area (Å²) in [6.07, 6.45) is -0.739. The molecule has 1 saturated heterocycles. The third kappa shape index (κ3) is 4.29. The minimum Gasteiger partial charge on any atom is -0.465 e. The van der Waals surface area contributed by atoms with Crippen molar-refractivity contribution < 1.29 is 28.7 Å². The number of fused-ring (bicyclic) bond motifs is 3. The lowest BCUT2D eigenvalue weighted by molar-refractivity contribution is -0.174. The van der Waals surface area contributed by atoms with Gasteiger partial charge in [0.25, 0.3) is 0 Å².